The number of carbonyl (C=O) groups is 1. The zero-order chi connectivity index (χ0) is 15.5. The van der Waals surface area contributed by atoms with Crippen LogP contribution < -0.4 is 0 Å². The first-order chi connectivity index (χ1) is 10.4. The number of carbonyl (C=O) groups excluding carboxylic acids is 1. The second kappa shape index (κ2) is 5.06. The van der Waals surface area contributed by atoms with Gasteiger partial charge in [-0.2, -0.15) is 0 Å². The van der Waals surface area contributed by atoms with Crippen LogP contribution in [0.4, 0.5) is 0 Å². The number of ketones is 1. The third-order valence-corrected chi connectivity index (χ3v) is 8.49. The monoisotopic (exact) mass is 304 g/mol. The Hall–Kier alpha value is -0.370. The summed E-state index contributed by atoms with van der Waals surface area (Å²) in [5.74, 6) is 3.74. The summed E-state index contributed by atoms with van der Waals surface area (Å²) in [5, 5.41) is 10.1. The van der Waals surface area contributed by atoms with Crippen LogP contribution in [0.5, 0.6) is 0 Å². The summed E-state index contributed by atoms with van der Waals surface area (Å²) in [4.78, 5) is 12.0. The number of rotatable bonds is 0. The molecule has 0 spiro atoms. The summed E-state index contributed by atoms with van der Waals surface area (Å²) < 4.78 is 0. The molecular formula is C20H32O2. The minimum absolute atomic E-state index is 0.0456. The first-order valence-corrected chi connectivity index (χ1v) is 9.62. The molecule has 0 aromatic heterocycles. The summed E-state index contributed by atoms with van der Waals surface area (Å²) in [6, 6.07) is 0. The number of aliphatic hydroxyl groups is 1. The number of Topliss-reactive ketones (excluding diaryl/α,β-unsaturated/α-hetero) is 1. The average molecular weight is 304 g/mol. The topological polar surface area (TPSA) is 37.3 Å². The lowest BCUT2D eigenvalue weighted by molar-refractivity contribution is -0.149. The lowest BCUT2D eigenvalue weighted by Crippen LogP contribution is -2.55. The largest absolute Gasteiger partial charge is 0.393 e. The van der Waals surface area contributed by atoms with Crippen molar-refractivity contribution < 1.29 is 9.90 Å². The first-order valence-electron chi connectivity index (χ1n) is 9.62. The molecule has 22 heavy (non-hydrogen) atoms. The fraction of sp³-hybridized carbons (Fsp3) is 0.950. The van der Waals surface area contributed by atoms with Gasteiger partial charge in [0.15, 0.2) is 0 Å². The molecule has 2 nitrogen and oxygen atoms in total. The fourth-order valence-electron chi connectivity index (χ4n) is 7.27. The maximum absolute atomic E-state index is 12.0. The molecule has 124 valence electrons. The predicted molar refractivity (Wildman–Crippen MR) is 87.4 cm³/mol. The van der Waals surface area contributed by atoms with Gasteiger partial charge in [-0.3, -0.25) is 4.79 Å². The van der Waals surface area contributed by atoms with E-state index in [0.717, 1.165) is 55.8 Å². The summed E-state index contributed by atoms with van der Waals surface area (Å²) in [6.07, 6.45) is 11.3. The lowest BCUT2D eigenvalue weighted by Gasteiger charge is -2.62. The van der Waals surface area contributed by atoms with Crippen LogP contribution in [0.1, 0.15) is 78.1 Å². The maximum atomic E-state index is 12.0. The first kappa shape index (κ1) is 15.2. The zero-order valence-corrected chi connectivity index (χ0v) is 14.3. The van der Waals surface area contributed by atoms with E-state index in [1.165, 1.54) is 32.1 Å². The van der Waals surface area contributed by atoms with Crippen molar-refractivity contribution >= 4 is 5.78 Å². The SMILES string of the molecule is C[C@]12CC[C@H]3[C@@H](CC[C@H]4C[C@@H](O)CC[C@@]43C)[C@@H]1CCC(=O)C2. The molecule has 0 unspecified atom stereocenters. The molecule has 4 fully saturated rings. The molecule has 0 heterocycles. The molecule has 0 aromatic carbocycles. The van der Waals surface area contributed by atoms with E-state index >= 15 is 0 Å². The predicted octanol–water partition coefficient (Wildman–Crippen LogP) is 4.35. The molecule has 0 bridgehead atoms. The van der Waals surface area contributed by atoms with Crippen LogP contribution in [0.15, 0.2) is 0 Å². The standard InChI is InChI=1S/C20H32O2/c1-19-9-8-18-16(17(19)6-4-15(22)12-19)5-3-13-11-14(21)7-10-20(13,18)2/h13-14,16-18,21H,3-12H2,1-2H3/t13-,14-,16-,17-,18-,19+,20-/m0/s1. The van der Waals surface area contributed by atoms with Gasteiger partial charge >= 0.3 is 0 Å². The number of hydrogen-bond donors (Lipinski definition) is 1. The summed E-state index contributed by atoms with van der Waals surface area (Å²) >= 11 is 0. The highest BCUT2D eigenvalue weighted by Crippen LogP contribution is 2.65. The van der Waals surface area contributed by atoms with E-state index in [4.69, 9.17) is 0 Å². The van der Waals surface area contributed by atoms with Gasteiger partial charge in [-0.1, -0.05) is 13.8 Å². The fourth-order valence-corrected chi connectivity index (χ4v) is 7.27. The van der Waals surface area contributed by atoms with Crippen LogP contribution in [0.3, 0.4) is 0 Å². The Bertz CT molecular complexity index is 472. The molecule has 0 amide bonds. The normalized spacial score (nSPS) is 55.0. The van der Waals surface area contributed by atoms with Crippen LogP contribution in [-0.4, -0.2) is 17.0 Å². The van der Waals surface area contributed by atoms with Crippen LogP contribution in [0.2, 0.25) is 0 Å². The highest BCUT2D eigenvalue weighted by atomic mass is 16.3. The van der Waals surface area contributed by atoms with Crippen molar-refractivity contribution in [2.75, 3.05) is 0 Å². The van der Waals surface area contributed by atoms with Gasteiger partial charge in [0.1, 0.15) is 5.78 Å². The second-order valence-corrected chi connectivity index (χ2v) is 9.53. The van der Waals surface area contributed by atoms with Crippen molar-refractivity contribution in [3.05, 3.63) is 0 Å². The molecule has 0 saturated heterocycles. The average Bonchev–Trinajstić information content (AvgIpc) is 2.46. The van der Waals surface area contributed by atoms with E-state index in [1.807, 2.05) is 0 Å². The van der Waals surface area contributed by atoms with Crippen LogP contribution in [-0.2, 0) is 4.79 Å². The van der Waals surface area contributed by atoms with E-state index < -0.39 is 0 Å². The minimum atomic E-state index is -0.0456. The molecule has 0 aliphatic heterocycles. The Morgan fingerprint density at radius 3 is 2.64 bits per heavy atom. The van der Waals surface area contributed by atoms with Crippen LogP contribution >= 0.6 is 0 Å². The Morgan fingerprint density at radius 1 is 1.00 bits per heavy atom. The summed E-state index contributed by atoms with van der Waals surface area (Å²) in [7, 11) is 0. The van der Waals surface area contributed by atoms with Gasteiger partial charge in [-0.15, -0.1) is 0 Å². The van der Waals surface area contributed by atoms with E-state index in [1.54, 1.807) is 0 Å². The Balaban J connectivity index is 1.61. The molecule has 0 aromatic rings. The van der Waals surface area contributed by atoms with Crippen molar-refractivity contribution in [3.8, 4) is 0 Å². The highest BCUT2D eigenvalue weighted by molar-refractivity contribution is 5.80. The van der Waals surface area contributed by atoms with Gasteiger partial charge in [0.25, 0.3) is 0 Å². The van der Waals surface area contributed by atoms with Crippen molar-refractivity contribution in [3.63, 3.8) is 0 Å². The van der Waals surface area contributed by atoms with Crippen molar-refractivity contribution in [2.24, 2.45) is 34.5 Å². The Morgan fingerprint density at radius 2 is 1.82 bits per heavy atom. The van der Waals surface area contributed by atoms with E-state index in [9.17, 15) is 9.90 Å². The molecule has 4 saturated carbocycles. The van der Waals surface area contributed by atoms with Crippen molar-refractivity contribution in [1.82, 2.24) is 0 Å². The second-order valence-electron chi connectivity index (χ2n) is 9.53. The number of aliphatic hydroxyl groups excluding tert-OH is 1. The molecule has 1 N–H and O–H groups in total. The lowest BCUT2D eigenvalue weighted by atomic mass is 9.43. The van der Waals surface area contributed by atoms with Gasteiger partial charge in [-0.05, 0) is 85.9 Å². The molecule has 2 heteroatoms. The third kappa shape index (κ3) is 2.12. The number of fused-ring (bicyclic) bond motifs is 5. The Kier molecular flexibility index (Phi) is 3.49. The van der Waals surface area contributed by atoms with Crippen molar-refractivity contribution in [2.45, 2.75) is 84.2 Å². The summed E-state index contributed by atoms with van der Waals surface area (Å²) in [6.45, 7) is 4.95. The summed E-state index contributed by atoms with van der Waals surface area (Å²) in [5.41, 5.74) is 0.763. The van der Waals surface area contributed by atoms with Gasteiger partial charge in [0.2, 0.25) is 0 Å². The molecule has 4 aliphatic rings. The quantitative estimate of drug-likeness (QED) is 0.722. The van der Waals surface area contributed by atoms with Crippen LogP contribution in [0, 0.1) is 34.5 Å². The molecule has 4 rings (SSSR count). The maximum Gasteiger partial charge on any atom is 0.133 e. The van der Waals surface area contributed by atoms with Gasteiger partial charge in [-0.25, -0.2) is 0 Å². The van der Waals surface area contributed by atoms with Crippen molar-refractivity contribution in [1.29, 1.82) is 0 Å². The Labute approximate surface area is 135 Å². The third-order valence-electron chi connectivity index (χ3n) is 8.49. The number of hydrogen-bond acceptors (Lipinski definition) is 2. The molecule has 0 radical (unpaired) electrons. The minimum Gasteiger partial charge on any atom is -0.393 e. The van der Waals surface area contributed by atoms with E-state index in [-0.39, 0.29) is 6.10 Å². The van der Waals surface area contributed by atoms with Crippen LogP contribution in [0.25, 0.3) is 0 Å². The highest BCUT2D eigenvalue weighted by Gasteiger charge is 2.57. The molecular weight excluding hydrogens is 272 g/mol. The van der Waals surface area contributed by atoms with Gasteiger partial charge in [0, 0.05) is 12.8 Å². The molecule has 7 atom stereocenters. The van der Waals surface area contributed by atoms with Gasteiger partial charge in [0.05, 0.1) is 6.10 Å². The van der Waals surface area contributed by atoms with E-state index in [0.29, 0.717) is 16.6 Å². The van der Waals surface area contributed by atoms with E-state index in [2.05, 4.69) is 13.8 Å². The molecule has 4 aliphatic carbocycles. The van der Waals surface area contributed by atoms with Gasteiger partial charge < -0.3 is 5.11 Å². The smallest absolute Gasteiger partial charge is 0.133 e. The zero-order valence-electron chi connectivity index (χ0n) is 14.3.